The first-order valence-electron chi connectivity index (χ1n) is 7.86. The highest BCUT2D eigenvalue weighted by atomic mass is 16.5. The summed E-state index contributed by atoms with van der Waals surface area (Å²) < 4.78 is 5.22. The number of hydrogen-bond donors (Lipinski definition) is 1. The van der Waals surface area contributed by atoms with Gasteiger partial charge in [-0.05, 0) is 43.9 Å². The van der Waals surface area contributed by atoms with Crippen LogP contribution in [0.25, 0.3) is 0 Å². The van der Waals surface area contributed by atoms with Crippen LogP contribution in [0.4, 0.5) is 0 Å². The zero-order chi connectivity index (χ0) is 15.9. The van der Waals surface area contributed by atoms with Crippen molar-refractivity contribution in [1.82, 2.24) is 4.90 Å². The molecule has 4 nitrogen and oxygen atoms in total. The summed E-state index contributed by atoms with van der Waals surface area (Å²) in [4.78, 5) is 13.2. The van der Waals surface area contributed by atoms with Gasteiger partial charge in [-0.1, -0.05) is 23.8 Å². The van der Waals surface area contributed by atoms with Gasteiger partial charge < -0.3 is 14.7 Å². The fraction of sp³-hybridized carbons (Fsp3) is 0.500. The summed E-state index contributed by atoms with van der Waals surface area (Å²) in [7, 11) is 1.68. The van der Waals surface area contributed by atoms with Crippen molar-refractivity contribution in [2.24, 2.45) is 0 Å². The summed E-state index contributed by atoms with van der Waals surface area (Å²) in [6, 6.07) is 8.11. The Labute approximate surface area is 132 Å². The van der Waals surface area contributed by atoms with Crippen LogP contribution in [-0.2, 0) is 11.2 Å². The van der Waals surface area contributed by atoms with Gasteiger partial charge in [-0.2, -0.15) is 0 Å². The van der Waals surface area contributed by atoms with Gasteiger partial charge in [0.25, 0.3) is 0 Å². The van der Waals surface area contributed by atoms with Gasteiger partial charge in [0.2, 0.25) is 5.91 Å². The van der Waals surface area contributed by atoms with E-state index >= 15 is 0 Å². The third-order valence-electron chi connectivity index (χ3n) is 4.10. The maximum absolute atomic E-state index is 11.6. The van der Waals surface area contributed by atoms with Gasteiger partial charge in [-0.3, -0.25) is 4.79 Å². The van der Waals surface area contributed by atoms with Crippen LogP contribution in [0, 0.1) is 0 Å². The number of ether oxygens (including phenoxy) is 1. The van der Waals surface area contributed by atoms with Gasteiger partial charge in [-0.25, -0.2) is 0 Å². The third-order valence-corrected chi connectivity index (χ3v) is 4.10. The Bertz CT molecular complexity index is 539. The highest BCUT2D eigenvalue weighted by Crippen LogP contribution is 2.18. The van der Waals surface area contributed by atoms with E-state index in [1.54, 1.807) is 12.0 Å². The quantitative estimate of drug-likeness (QED) is 0.788. The van der Waals surface area contributed by atoms with Gasteiger partial charge in [0, 0.05) is 19.4 Å². The lowest BCUT2D eigenvalue weighted by Crippen LogP contribution is -2.33. The first-order chi connectivity index (χ1) is 10.6. The van der Waals surface area contributed by atoms with Crippen molar-refractivity contribution in [2.75, 3.05) is 13.7 Å². The van der Waals surface area contributed by atoms with Crippen LogP contribution < -0.4 is 4.74 Å². The summed E-state index contributed by atoms with van der Waals surface area (Å²) in [5.41, 5.74) is 2.52. The molecule has 120 valence electrons. The molecule has 0 spiro atoms. The highest BCUT2D eigenvalue weighted by Gasteiger charge is 2.28. The second-order valence-electron chi connectivity index (χ2n) is 5.80. The molecule has 1 aromatic carbocycles. The SMILES string of the molecule is COc1cccc(CCC=C(C)CCN2C(=O)CCC2O)c1. The van der Waals surface area contributed by atoms with E-state index in [0.717, 1.165) is 25.0 Å². The van der Waals surface area contributed by atoms with Crippen LogP contribution in [0.1, 0.15) is 38.2 Å². The average molecular weight is 303 g/mol. The molecule has 1 aliphatic rings. The van der Waals surface area contributed by atoms with Crippen molar-refractivity contribution in [2.45, 2.75) is 45.3 Å². The number of carbonyl (C=O) groups excluding carboxylic acids is 1. The van der Waals surface area contributed by atoms with Crippen molar-refractivity contribution >= 4 is 5.91 Å². The van der Waals surface area contributed by atoms with Gasteiger partial charge >= 0.3 is 0 Å². The average Bonchev–Trinajstić information content (AvgIpc) is 2.84. The molecule has 1 aliphatic heterocycles. The zero-order valence-corrected chi connectivity index (χ0v) is 13.4. The summed E-state index contributed by atoms with van der Waals surface area (Å²) in [5, 5.41) is 9.72. The van der Waals surface area contributed by atoms with Crippen molar-refractivity contribution in [1.29, 1.82) is 0 Å². The Morgan fingerprint density at radius 3 is 3.00 bits per heavy atom. The molecule has 2 rings (SSSR count). The zero-order valence-electron chi connectivity index (χ0n) is 13.4. The van der Waals surface area contributed by atoms with Crippen molar-refractivity contribution in [3.05, 3.63) is 41.5 Å². The second-order valence-corrected chi connectivity index (χ2v) is 5.80. The number of aryl methyl sites for hydroxylation is 1. The third kappa shape index (κ3) is 4.60. The molecule has 1 amide bonds. The highest BCUT2D eigenvalue weighted by molar-refractivity contribution is 5.78. The Morgan fingerprint density at radius 2 is 2.32 bits per heavy atom. The monoisotopic (exact) mass is 303 g/mol. The lowest BCUT2D eigenvalue weighted by molar-refractivity contribution is -0.133. The molecule has 1 atom stereocenters. The lowest BCUT2D eigenvalue weighted by Gasteiger charge is -2.20. The molecule has 1 unspecified atom stereocenters. The number of hydrogen-bond acceptors (Lipinski definition) is 3. The number of nitrogens with zero attached hydrogens (tertiary/aromatic N) is 1. The first-order valence-corrected chi connectivity index (χ1v) is 7.86. The number of amides is 1. The number of benzene rings is 1. The summed E-state index contributed by atoms with van der Waals surface area (Å²) in [6.45, 7) is 2.69. The van der Waals surface area contributed by atoms with E-state index in [0.29, 0.717) is 19.4 Å². The predicted molar refractivity (Wildman–Crippen MR) is 86.6 cm³/mol. The molecule has 0 bridgehead atoms. The minimum atomic E-state index is -0.586. The molecule has 0 radical (unpaired) electrons. The normalized spacial score (nSPS) is 18.9. The Morgan fingerprint density at radius 1 is 1.50 bits per heavy atom. The lowest BCUT2D eigenvalue weighted by atomic mass is 10.1. The minimum Gasteiger partial charge on any atom is -0.497 e. The fourth-order valence-corrected chi connectivity index (χ4v) is 2.70. The van der Waals surface area contributed by atoms with Crippen LogP contribution in [-0.4, -0.2) is 35.8 Å². The van der Waals surface area contributed by atoms with Crippen molar-refractivity contribution in [3.8, 4) is 5.75 Å². The number of allylic oxidation sites excluding steroid dienone is 1. The molecule has 0 saturated carbocycles. The van der Waals surface area contributed by atoms with Gasteiger partial charge in [0.05, 0.1) is 7.11 Å². The van der Waals surface area contributed by atoms with Crippen LogP contribution >= 0.6 is 0 Å². The molecule has 0 aliphatic carbocycles. The molecule has 1 saturated heterocycles. The molecule has 0 aromatic heterocycles. The largest absolute Gasteiger partial charge is 0.497 e. The molecule has 1 aromatic rings. The van der Waals surface area contributed by atoms with Gasteiger partial charge in [0.15, 0.2) is 0 Å². The standard InChI is InChI=1S/C18H25NO3/c1-14(11-12-19-17(20)9-10-18(19)21)5-3-6-15-7-4-8-16(13-15)22-2/h4-5,7-8,13,17,20H,3,6,9-12H2,1-2H3. The van der Waals surface area contributed by atoms with E-state index < -0.39 is 6.23 Å². The summed E-state index contributed by atoms with van der Waals surface area (Å²) in [5.74, 6) is 0.955. The summed E-state index contributed by atoms with van der Waals surface area (Å²) in [6.07, 6.45) is 5.43. The Kier molecular flexibility index (Phi) is 6.01. The van der Waals surface area contributed by atoms with Crippen LogP contribution in [0.3, 0.4) is 0 Å². The minimum absolute atomic E-state index is 0.0664. The number of methoxy groups -OCH3 is 1. The van der Waals surface area contributed by atoms with Crippen LogP contribution in [0.5, 0.6) is 5.75 Å². The number of carbonyl (C=O) groups is 1. The van der Waals surface area contributed by atoms with E-state index in [9.17, 15) is 9.90 Å². The molecular formula is C18H25NO3. The second kappa shape index (κ2) is 7.99. The number of aliphatic hydroxyl groups is 1. The smallest absolute Gasteiger partial charge is 0.224 e. The van der Waals surface area contributed by atoms with Crippen LogP contribution in [0.2, 0.25) is 0 Å². The fourth-order valence-electron chi connectivity index (χ4n) is 2.70. The predicted octanol–water partition coefficient (Wildman–Crippen LogP) is 2.91. The molecule has 4 heteroatoms. The van der Waals surface area contributed by atoms with E-state index in [1.807, 2.05) is 12.1 Å². The van der Waals surface area contributed by atoms with E-state index in [2.05, 4.69) is 25.1 Å². The van der Waals surface area contributed by atoms with Gasteiger partial charge in [-0.15, -0.1) is 0 Å². The van der Waals surface area contributed by atoms with E-state index in [-0.39, 0.29) is 5.91 Å². The molecule has 1 heterocycles. The van der Waals surface area contributed by atoms with Crippen molar-refractivity contribution in [3.63, 3.8) is 0 Å². The first kappa shape index (κ1) is 16.6. The maximum Gasteiger partial charge on any atom is 0.224 e. The topological polar surface area (TPSA) is 49.8 Å². The number of aliphatic hydroxyl groups excluding tert-OH is 1. The molecule has 1 fully saturated rings. The molecular weight excluding hydrogens is 278 g/mol. The molecule has 22 heavy (non-hydrogen) atoms. The van der Waals surface area contributed by atoms with Crippen LogP contribution in [0.15, 0.2) is 35.9 Å². The number of rotatable bonds is 7. The Balaban J connectivity index is 1.76. The van der Waals surface area contributed by atoms with Gasteiger partial charge in [0.1, 0.15) is 12.0 Å². The maximum atomic E-state index is 11.6. The van der Waals surface area contributed by atoms with E-state index in [4.69, 9.17) is 4.74 Å². The summed E-state index contributed by atoms with van der Waals surface area (Å²) >= 11 is 0. The Hall–Kier alpha value is -1.81. The van der Waals surface area contributed by atoms with Crippen molar-refractivity contribution < 1.29 is 14.6 Å². The van der Waals surface area contributed by atoms with E-state index in [1.165, 1.54) is 11.1 Å². The number of likely N-dealkylation sites (tertiary alicyclic amines) is 1. The molecule has 1 N–H and O–H groups in total.